The molecule has 1 atom stereocenters. The van der Waals surface area contributed by atoms with Gasteiger partial charge in [0.1, 0.15) is 5.82 Å². The van der Waals surface area contributed by atoms with Crippen molar-refractivity contribution in [1.82, 2.24) is 14.5 Å². The Morgan fingerprint density at radius 1 is 1.10 bits per heavy atom. The summed E-state index contributed by atoms with van der Waals surface area (Å²) in [6.07, 6.45) is 1.27. The van der Waals surface area contributed by atoms with E-state index in [9.17, 15) is 9.59 Å². The van der Waals surface area contributed by atoms with Gasteiger partial charge in [-0.3, -0.25) is 14.2 Å². The van der Waals surface area contributed by atoms with Gasteiger partial charge < -0.3 is 4.90 Å². The normalized spacial score (nSPS) is 12.4. The molecule has 2 aromatic carbocycles. The van der Waals surface area contributed by atoms with Crippen molar-refractivity contribution >= 4 is 16.8 Å². The number of nitrogens with zero attached hydrogens (tertiary/aromatic N) is 3. The highest BCUT2D eigenvalue weighted by atomic mass is 16.2. The average molecular weight is 420 g/mol. The minimum atomic E-state index is -0.335. The molecule has 0 saturated carbocycles. The van der Waals surface area contributed by atoms with E-state index in [0.29, 0.717) is 35.6 Å². The van der Waals surface area contributed by atoms with Crippen LogP contribution in [0.25, 0.3) is 16.6 Å². The lowest BCUT2D eigenvalue weighted by Gasteiger charge is -2.32. The lowest BCUT2D eigenvalue weighted by Crippen LogP contribution is -2.39. The number of amides is 1. The molecule has 0 saturated heterocycles. The van der Waals surface area contributed by atoms with Crippen LogP contribution in [0, 0.1) is 19.8 Å². The molecule has 0 spiro atoms. The highest BCUT2D eigenvalue weighted by molar-refractivity contribution is 5.79. The molecular weight excluding hydrogens is 386 g/mol. The number of carbonyl (C=O) groups excluding carboxylic acids is 1. The summed E-state index contributed by atoms with van der Waals surface area (Å²) in [5.41, 5.74) is 3.43. The van der Waals surface area contributed by atoms with Crippen molar-refractivity contribution < 1.29 is 4.79 Å². The van der Waals surface area contributed by atoms with E-state index in [4.69, 9.17) is 4.98 Å². The first kappa shape index (κ1) is 22.7. The van der Waals surface area contributed by atoms with E-state index in [1.54, 1.807) is 4.57 Å². The van der Waals surface area contributed by atoms with Crippen molar-refractivity contribution in [3.63, 3.8) is 0 Å². The number of para-hydroxylation sites is 1. The fraction of sp³-hybridized carbons (Fsp3) is 0.423. The first-order valence-electron chi connectivity index (χ1n) is 11.1. The number of fused-ring (bicyclic) bond motifs is 1. The number of benzene rings is 2. The summed E-state index contributed by atoms with van der Waals surface area (Å²) in [5.74, 6) is 1.01. The number of aryl methyl sites for hydroxylation is 2. The standard InChI is InChI=1S/C26H33N3O2/c1-7-10-24(30)28(16-17(2)3)20(6)25-27-22-12-9-8-11-21(22)26(31)29(25)23-15-18(4)13-14-19(23)5/h8-9,11-15,17,20H,7,10,16H2,1-6H3. The topological polar surface area (TPSA) is 55.2 Å². The summed E-state index contributed by atoms with van der Waals surface area (Å²) >= 11 is 0. The van der Waals surface area contributed by atoms with Gasteiger partial charge >= 0.3 is 0 Å². The average Bonchev–Trinajstić information content (AvgIpc) is 2.73. The Morgan fingerprint density at radius 2 is 1.81 bits per heavy atom. The third kappa shape index (κ3) is 4.71. The van der Waals surface area contributed by atoms with E-state index in [0.717, 1.165) is 23.2 Å². The predicted molar refractivity (Wildman–Crippen MR) is 127 cm³/mol. The van der Waals surface area contributed by atoms with Crippen LogP contribution in [0.4, 0.5) is 0 Å². The Labute approximate surface area is 184 Å². The van der Waals surface area contributed by atoms with Crippen LogP contribution in [0.1, 0.15) is 63.5 Å². The molecule has 1 amide bonds. The SMILES string of the molecule is CCCC(=O)N(CC(C)C)C(C)c1nc2ccccc2c(=O)n1-c1cc(C)ccc1C. The third-order valence-corrected chi connectivity index (χ3v) is 5.59. The summed E-state index contributed by atoms with van der Waals surface area (Å²) in [6.45, 7) is 12.8. The molecule has 3 rings (SSSR count). The third-order valence-electron chi connectivity index (χ3n) is 5.59. The minimum absolute atomic E-state index is 0.0959. The molecule has 0 aliphatic heterocycles. The largest absolute Gasteiger partial charge is 0.333 e. The first-order chi connectivity index (χ1) is 14.7. The summed E-state index contributed by atoms with van der Waals surface area (Å²) < 4.78 is 1.71. The molecule has 3 aromatic rings. The lowest BCUT2D eigenvalue weighted by molar-refractivity contribution is -0.134. The van der Waals surface area contributed by atoms with Crippen LogP contribution in [-0.2, 0) is 4.79 Å². The van der Waals surface area contributed by atoms with E-state index in [1.807, 2.05) is 75.1 Å². The van der Waals surface area contributed by atoms with Gasteiger partial charge in [0, 0.05) is 13.0 Å². The quantitative estimate of drug-likeness (QED) is 0.519. The Kier molecular flexibility index (Phi) is 6.94. The van der Waals surface area contributed by atoms with Crippen LogP contribution < -0.4 is 5.56 Å². The zero-order valence-corrected chi connectivity index (χ0v) is 19.5. The smallest absolute Gasteiger partial charge is 0.266 e. The Morgan fingerprint density at radius 3 is 2.48 bits per heavy atom. The molecular formula is C26H33N3O2. The van der Waals surface area contributed by atoms with Gasteiger partial charge in [0.25, 0.3) is 5.56 Å². The van der Waals surface area contributed by atoms with Crippen LogP contribution in [0.2, 0.25) is 0 Å². The second-order valence-corrected chi connectivity index (χ2v) is 8.78. The molecule has 0 N–H and O–H groups in total. The van der Waals surface area contributed by atoms with Crippen LogP contribution in [0.15, 0.2) is 47.3 Å². The van der Waals surface area contributed by atoms with Crippen molar-refractivity contribution in [2.75, 3.05) is 6.54 Å². The molecule has 1 aromatic heterocycles. The minimum Gasteiger partial charge on any atom is -0.333 e. The second-order valence-electron chi connectivity index (χ2n) is 8.78. The van der Waals surface area contributed by atoms with Gasteiger partial charge in [-0.1, -0.05) is 45.0 Å². The number of hydrogen-bond donors (Lipinski definition) is 0. The molecule has 5 heteroatoms. The first-order valence-corrected chi connectivity index (χ1v) is 11.1. The molecule has 31 heavy (non-hydrogen) atoms. The van der Waals surface area contributed by atoms with Crippen LogP contribution in [0.3, 0.4) is 0 Å². The molecule has 0 aliphatic rings. The summed E-state index contributed by atoms with van der Waals surface area (Å²) in [4.78, 5) is 33.5. The maximum atomic E-state index is 13.7. The molecule has 1 unspecified atom stereocenters. The summed E-state index contributed by atoms with van der Waals surface area (Å²) in [6, 6.07) is 13.2. The number of hydrogen-bond acceptors (Lipinski definition) is 3. The van der Waals surface area contributed by atoms with Gasteiger partial charge in [-0.2, -0.15) is 0 Å². The Balaban J connectivity index is 2.30. The van der Waals surface area contributed by atoms with Crippen molar-refractivity contribution in [3.05, 3.63) is 69.8 Å². The van der Waals surface area contributed by atoms with E-state index >= 15 is 0 Å². The van der Waals surface area contributed by atoms with Crippen molar-refractivity contribution in [2.24, 2.45) is 5.92 Å². The highest BCUT2D eigenvalue weighted by Crippen LogP contribution is 2.26. The molecule has 5 nitrogen and oxygen atoms in total. The Hall–Kier alpha value is -2.95. The van der Waals surface area contributed by atoms with E-state index in [1.165, 1.54) is 0 Å². The number of aromatic nitrogens is 2. The molecule has 0 radical (unpaired) electrons. The van der Waals surface area contributed by atoms with Gasteiger partial charge in [-0.15, -0.1) is 0 Å². The van der Waals surface area contributed by atoms with E-state index in [2.05, 4.69) is 13.8 Å². The summed E-state index contributed by atoms with van der Waals surface area (Å²) in [5, 5.41) is 0.578. The van der Waals surface area contributed by atoms with Gasteiger partial charge in [0.15, 0.2) is 0 Å². The van der Waals surface area contributed by atoms with Gasteiger partial charge in [0.05, 0.1) is 22.6 Å². The van der Waals surface area contributed by atoms with Crippen molar-refractivity contribution in [3.8, 4) is 5.69 Å². The molecule has 164 valence electrons. The monoisotopic (exact) mass is 419 g/mol. The van der Waals surface area contributed by atoms with Crippen LogP contribution >= 0.6 is 0 Å². The van der Waals surface area contributed by atoms with Crippen molar-refractivity contribution in [1.29, 1.82) is 0 Å². The zero-order valence-electron chi connectivity index (χ0n) is 19.5. The number of carbonyl (C=O) groups is 1. The molecule has 0 aliphatic carbocycles. The molecule has 0 fully saturated rings. The Bertz CT molecular complexity index is 1150. The van der Waals surface area contributed by atoms with Gasteiger partial charge in [-0.25, -0.2) is 4.98 Å². The van der Waals surface area contributed by atoms with Gasteiger partial charge in [0.2, 0.25) is 5.91 Å². The fourth-order valence-electron chi connectivity index (χ4n) is 3.99. The maximum absolute atomic E-state index is 13.7. The molecule has 1 heterocycles. The van der Waals surface area contributed by atoms with E-state index in [-0.39, 0.29) is 17.5 Å². The zero-order chi connectivity index (χ0) is 22.7. The predicted octanol–water partition coefficient (Wildman–Crippen LogP) is 5.35. The fourth-order valence-corrected chi connectivity index (χ4v) is 3.99. The summed E-state index contributed by atoms with van der Waals surface area (Å²) in [7, 11) is 0. The van der Waals surface area contributed by atoms with Gasteiger partial charge in [-0.05, 0) is 62.4 Å². The van der Waals surface area contributed by atoms with Crippen LogP contribution in [0.5, 0.6) is 0 Å². The lowest BCUT2D eigenvalue weighted by atomic mass is 10.1. The maximum Gasteiger partial charge on any atom is 0.266 e. The highest BCUT2D eigenvalue weighted by Gasteiger charge is 2.27. The number of rotatable bonds is 7. The van der Waals surface area contributed by atoms with Crippen LogP contribution in [-0.4, -0.2) is 26.9 Å². The van der Waals surface area contributed by atoms with E-state index < -0.39 is 0 Å². The second kappa shape index (κ2) is 9.46. The van der Waals surface area contributed by atoms with Crippen molar-refractivity contribution in [2.45, 2.75) is 60.4 Å². The molecule has 0 bridgehead atoms.